The molecule has 0 atom stereocenters. The Bertz CT molecular complexity index is 1870. The maximum atomic E-state index is 13.3. The Morgan fingerprint density at radius 3 is 2.65 bits per heavy atom. The Morgan fingerprint density at radius 2 is 1.88 bits per heavy atom. The average Bonchev–Trinajstić information content (AvgIpc) is 3.55. The summed E-state index contributed by atoms with van der Waals surface area (Å²) in [5, 5.41) is 8.01. The number of pyridine rings is 1. The SMILES string of the molecule is Cc1cc(NC(=O)c2ccc(C)c(Oc3nc(-c4cccnc4)nc4c3cnn4C)c2)cc(-n2cnc(C)c2)c1. The second-order valence-corrected chi connectivity index (χ2v) is 9.62. The van der Waals surface area contributed by atoms with Crippen molar-refractivity contribution in [3.8, 4) is 28.7 Å². The topological polar surface area (TPSA) is 113 Å². The van der Waals surface area contributed by atoms with E-state index in [2.05, 4.69) is 30.4 Å². The van der Waals surface area contributed by atoms with Gasteiger partial charge in [0.2, 0.25) is 5.88 Å². The first-order valence-electron chi connectivity index (χ1n) is 12.7. The van der Waals surface area contributed by atoms with E-state index in [9.17, 15) is 4.79 Å². The van der Waals surface area contributed by atoms with Gasteiger partial charge in [-0.3, -0.25) is 14.5 Å². The molecule has 2 aromatic carbocycles. The van der Waals surface area contributed by atoms with Crippen LogP contribution in [0.15, 0.2) is 79.6 Å². The van der Waals surface area contributed by atoms with Crippen molar-refractivity contribution in [3.63, 3.8) is 0 Å². The van der Waals surface area contributed by atoms with Crippen LogP contribution in [-0.2, 0) is 7.05 Å². The molecule has 0 saturated heterocycles. The second-order valence-electron chi connectivity index (χ2n) is 9.62. The molecule has 6 rings (SSSR count). The van der Waals surface area contributed by atoms with Gasteiger partial charge in [-0.15, -0.1) is 0 Å². The van der Waals surface area contributed by atoms with E-state index in [0.717, 1.165) is 28.1 Å². The number of ether oxygens (including phenoxy) is 1. The van der Waals surface area contributed by atoms with Crippen LogP contribution in [-0.4, -0.2) is 40.2 Å². The number of aromatic nitrogens is 7. The van der Waals surface area contributed by atoms with Gasteiger partial charge in [0.05, 0.1) is 18.2 Å². The molecule has 4 heterocycles. The van der Waals surface area contributed by atoms with Gasteiger partial charge in [-0.05, 0) is 74.4 Å². The minimum absolute atomic E-state index is 0.256. The lowest BCUT2D eigenvalue weighted by Crippen LogP contribution is -2.12. The van der Waals surface area contributed by atoms with Crippen LogP contribution in [0.2, 0.25) is 0 Å². The largest absolute Gasteiger partial charge is 0.438 e. The van der Waals surface area contributed by atoms with E-state index < -0.39 is 0 Å². The zero-order chi connectivity index (χ0) is 27.8. The number of hydrogen-bond acceptors (Lipinski definition) is 7. The number of nitrogens with one attached hydrogen (secondary N) is 1. The smallest absolute Gasteiger partial charge is 0.255 e. The summed E-state index contributed by atoms with van der Waals surface area (Å²) in [7, 11) is 1.81. The molecule has 0 bridgehead atoms. The zero-order valence-electron chi connectivity index (χ0n) is 22.5. The van der Waals surface area contributed by atoms with Crippen LogP contribution in [0, 0.1) is 20.8 Å². The normalized spacial score (nSPS) is 11.1. The fourth-order valence-electron chi connectivity index (χ4n) is 4.40. The summed E-state index contributed by atoms with van der Waals surface area (Å²) in [5.41, 5.74) is 6.21. The lowest BCUT2D eigenvalue weighted by atomic mass is 10.1. The molecular formula is C30H26N8O2. The molecule has 0 radical (unpaired) electrons. The second kappa shape index (κ2) is 10.1. The molecule has 0 fully saturated rings. The van der Waals surface area contributed by atoms with E-state index in [1.165, 1.54) is 0 Å². The molecule has 0 unspecified atom stereocenters. The zero-order valence-corrected chi connectivity index (χ0v) is 22.5. The molecular weight excluding hydrogens is 504 g/mol. The van der Waals surface area contributed by atoms with E-state index in [1.54, 1.807) is 41.7 Å². The third-order valence-electron chi connectivity index (χ3n) is 6.46. The molecule has 10 heteroatoms. The van der Waals surface area contributed by atoms with Crippen LogP contribution in [0.1, 0.15) is 27.2 Å². The standard InChI is InChI=1S/C30H26N8O2/c1-18-10-23(13-24(11-18)38-16-20(3)32-17-38)34-29(39)21-8-7-19(2)26(12-21)40-30-25-15-33-37(4)28(25)35-27(36-30)22-6-5-9-31-14-22/h5-17H,1-4H3,(H,34,39). The van der Waals surface area contributed by atoms with Gasteiger partial charge in [-0.2, -0.15) is 10.1 Å². The lowest BCUT2D eigenvalue weighted by Gasteiger charge is -2.13. The molecule has 0 saturated carbocycles. The van der Waals surface area contributed by atoms with Crippen molar-refractivity contribution >= 4 is 22.6 Å². The number of imidazole rings is 1. The van der Waals surface area contributed by atoms with Gasteiger partial charge >= 0.3 is 0 Å². The highest BCUT2D eigenvalue weighted by atomic mass is 16.5. The van der Waals surface area contributed by atoms with Crippen LogP contribution in [0.5, 0.6) is 11.6 Å². The summed E-state index contributed by atoms with van der Waals surface area (Å²) < 4.78 is 9.92. The number of benzene rings is 2. The molecule has 198 valence electrons. The number of aryl methyl sites for hydroxylation is 4. The highest BCUT2D eigenvalue weighted by Gasteiger charge is 2.17. The van der Waals surface area contributed by atoms with Crippen molar-refractivity contribution in [1.29, 1.82) is 0 Å². The van der Waals surface area contributed by atoms with E-state index in [-0.39, 0.29) is 5.91 Å². The van der Waals surface area contributed by atoms with E-state index in [1.807, 2.05) is 75.0 Å². The first kappa shape index (κ1) is 24.9. The molecule has 0 aliphatic heterocycles. The average molecular weight is 531 g/mol. The molecule has 4 aromatic heterocycles. The van der Waals surface area contributed by atoms with Crippen LogP contribution < -0.4 is 10.1 Å². The van der Waals surface area contributed by atoms with Gasteiger partial charge < -0.3 is 14.6 Å². The van der Waals surface area contributed by atoms with Crippen LogP contribution in [0.4, 0.5) is 5.69 Å². The van der Waals surface area contributed by atoms with Crippen molar-refractivity contribution in [1.82, 2.24) is 34.3 Å². The van der Waals surface area contributed by atoms with Crippen LogP contribution in [0.25, 0.3) is 28.1 Å². The molecule has 10 nitrogen and oxygen atoms in total. The third-order valence-corrected chi connectivity index (χ3v) is 6.46. The fourth-order valence-corrected chi connectivity index (χ4v) is 4.40. The predicted octanol–water partition coefficient (Wildman–Crippen LogP) is 5.58. The number of carbonyl (C=O) groups excluding carboxylic acids is 1. The Balaban J connectivity index is 1.31. The first-order chi connectivity index (χ1) is 19.3. The Kier molecular flexibility index (Phi) is 6.27. The fraction of sp³-hybridized carbons (Fsp3) is 0.133. The number of hydrogen-bond donors (Lipinski definition) is 1. The Labute approximate surface area is 230 Å². The monoisotopic (exact) mass is 530 g/mol. The Morgan fingerprint density at radius 1 is 1.00 bits per heavy atom. The van der Waals surface area contributed by atoms with E-state index in [0.29, 0.717) is 39.7 Å². The maximum Gasteiger partial charge on any atom is 0.255 e. The molecule has 1 N–H and O–H groups in total. The first-order valence-corrected chi connectivity index (χ1v) is 12.7. The Hall–Kier alpha value is -5.38. The van der Waals surface area contributed by atoms with Crippen molar-refractivity contribution in [3.05, 3.63) is 102 Å². The molecule has 0 aliphatic rings. The van der Waals surface area contributed by atoms with Crippen molar-refractivity contribution < 1.29 is 9.53 Å². The van der Waals surface area contributed by atoms with Crippen molar-refractivity contribution in [2.75, 3.05) is 5.32 Å². The lowest BCUT2D eigenvalue weighted by molar-refractivity contribution is 0.102. The van der Waals surface area contributed by atoms with Gasteiger partial charge in [0.25, 0.3) is 5.91 Å². The quantitative estimate of drug-likeness (QED) is 0.299. The summed E-state index contributed by atoms with van der Waals surface area (Å²) in [6.45, 7) is 5.84. The number of anilines is 1. The van der Waals surface area contributed by atoms with E-state index >= 15 is 0 Å². The summed E-state index contributed by atoms with van der Waals surface area (Å²) in [6.07, 6.45) is 8.75. The number of carbonyl (C=O) groups is 1. The molecule has 6 aromatic rings. The van der Waals surface area contributed by atoms with Crippen LogP contribution >= 0.6 is 0 Å². The minimum Gasteiger partial charge on any atom is -0.438 e. The highest BCUT2D eigenvalue weighted by Crippen LogP contribution is 2.32. The maximum absolute atomic E-state index is 13.3. The van der Waals surface area contributed by atoms with Gasteiger partial charge in [0.1, 0.15) is 11.1 Å². The van der Waals surface area contributed by atoms with Crippen molar-refractivity contribution in [2.45, 2.75) is 20.8 Å². The molecule has 40 heavy (non-hydrogen) atoms. The summed E-state index contributed by atoms with van der Waals surface area (Å²) in [4.78, 5) is 31.1. The highest BCUT2D eigenvalue weighted by molar-refractivity contribution is 6.04. The van der Waals surface area contributed by atoms with Gasteiger partial charge in [-0.25, -0.2) is 9.97 Å². The third kappa shape index (κ3) is 4.90. The minimum atomic E-state index is -0.256. The molecule has 1 amide bonds. The summed E-state index contributed by atoms with van der Waals surface area (Å²) in [5.74, 6) is 1.06. The van der Waals surface area contributed by atoms with Crippen molar-refractivity contribution in [2.24, 2.45) is 7.05 Å². The summed E-state index contributed by atoms with van der Waals surface area (Å²) >= 11 is 0. The molecule has 0 aliphatic carbocycles. The predicted molar refractivity (Wildman–Crippen MR) is 152 cm³/mol. The van der Waals surface area contributed by atoms with E-state index in [4.69, 9.17) is 4.74 Å². The number of fused-ring (bicyclic) bond motifs is 1. The van der Waals surface area contributed by atoms with Gasteiger partial charge in [-0.1, -0.05) is 6.07 Å². The number of rotatable bonds is 6. The van der Waals surface area contributed by atoms with Crippen LogP contribution in [0.3, 0.4) is 0 Å². The van der Waals surface area contributed by atoms with Gasteiger partial charge in [0, 0.05) is 48.1 Å². The number of amides is 1. The van der Waals surface area contributed by atoms with Gasteiger partial charge in [0.15, 0.2) is 11.5 Å². The number of nitrogens with zero attached hydrogens (tertiary/aromatic N) is 7. The summed E-state index contributed by atoms with van der Waals surface area (Å²) in [6, 6.07) is 14.9. The molecule has 0 spiro atoms.